The summed E-state index contributed by atoms with van der Waals surface area (Å²) in [5.41, 5.74) is 13.8. The number of carbonyl (C=O) groups is 1. The number of nitriles is 1. The zero-order valence-electron chi connectivity index (χ0n) is 24.4. The maximum atomic E-state index is 13.2. The SMILES string of the molecule is Cc1ccc(COc2ccc(C3C(C#N)=C(N)Oc4cc(OC(=O)c5oc6c(C)c(C)ccc6c5C)ccc43)cc2)cc1. The van der Waals surface area contributed by atoms with Gasteiger partial charge < -0.3 is 24.4 Å². The van der Waals surface area contributed by atoms with Gasteiger partial charge in [-0.15, -0.1) is 0 Å². The van der Waals surface area contributed by atoms with Crippen LogP contribution >= 0.6 is 0 Å². The standard InChI is InChI=1S/C36H30N2O5/c1-20-5-8-24(9-6-20)19-40-26-12-10-25(11-13-26)32-29-16-14-27(17-31(29)42-35(38)30(32)18-37)41-36(39)34-23(4)28-15-7-21(2)22(3)33(28)43-34/h5-17,32H,19,38H2,1-4H3. The Bertz CT molecular complexity index is 1940. The van der Waals surface area contributed by atoms with Crippen LogP contribution in [-0.4, -0.2) is 5.97 Å². The number of benzene rings is 4. The molecule has 1 aliphatic heterocycles. The Morgan fingerprint density at radius 1 is 0.907 bits per heavy atom. The Kier molecular flexibility index (Phi) is 7.12. The van der Waals surface area contributed by atoms with E-state index in [1.54, 1.807) is 18.2 Å². The molecular formula is C36H30N2O5. The number of carbonyl (C=O) groups excluding carboxylic acids is 1. The summed E-state index contributed by atoms with van der Waals surface area (Å²) in [5.74, 6) is 0.454. The fourth-order valence-corrected chi connectivity index (χ4v) is 5.32. The van der Waals surface area contributed by atoms with E-state index in [0.29, 0.717) is 29.3 Å². The molecule has 2 heterocycles. The van der Waals surface area contributed by atoms with Crippen LogP contribution in [0.1, 0.15) is 55.4 Å². The summed E-state index contributed by atoms with van der Waals surface area (Å²) in [4.78, 5) is 13.2. The molecule has 1 aromatic heterocycles. The highest BCUT2D eigenvalue weighted by molar-refractivity contribution is 5.98. The first kappa shape index (κ1) is 27.7. The fraction of sp³-hybridized carbons (Fsp3) is 0.167. The van der Waals surface area contributed by atoms with E-state index >= 15 is 0 Å². The number of esters is 1. The molecule has 214 valence electrons. The molecule has 43 heavy (non-hydrogen) atoms. The van der Waals surface area contributed by atoms with Crippen LogP contribution in [0.5, 0.6) is 17.2 Å². The molecule has 0 saturated carbocycles. The van der Waals surface area contributed by atoms with Gasteiger partial charge in [0, 0.05) is 22.6 Å². The summed E-state index contributed by atoms with van der Waals surface area (Å²) in [6.07, 6.45) is 0. The second-order valence-electron chi connectivity index (χ2n) is 10.8. The topological polar surface area (TPSA) is 108 Å². The molecule has 7 nitrogen and oxygen atoms in total. The third-order valence-corrected chi connectivity index (χ3v) is 7.95. The quantitative estimate of drug-likeness (QED) is 0.165. The predicted octanol–water partition coefficient (Wildman–Crippen LogP) is 7.68. The number of hydrogen-bond donors (Lipinski definition) is 1. The van der Waals surface area contributed by atoms with Crippen LogP contribution in [0.2, 0.25) is 0 Å². The van der Waals surface area contributed by atoms with E-state index in [2.05, 4.69) is 18.2 Å². The highest BCUT2D eigenvalue weighted by Crippen LogP contribution is 2.44. The van der Waals surface area contributed by atoms with Gasteiger partial charge in [0.1, 0.15) is 41.1 Å². The lowest BCUT2D eigenvalue weighted by molar-refractivity contribution is 0.0702. The Morgan fingerprint density at radius 3 is 2.35 bits per heavy atom. The first-order chi connectivity index (χ1) is 20.7. The number of ether oxygens (including phenoxy) is 3. The van der Waals surface area contributed by atoms with E-state index < -0.39 is 11.9 Å². The Hall–Kier alpha value is -5.48. The summed E-state index contributed by atoms with van der Waals surface area (Å²) in [6, 6.07) is 27.0. The van der Waals surface area contributed by atoms with Gasteiger partial charge in [0.2, 0.25) is 11.6 Å². The van der Waals surface area contributed by atoms with Gasteiger partial charge in [-0.2, -0.15) is 5.26 Å². The number of nitrogens with zero attached hydrogens (tertiary/aromatic N) is 1. The number of fused-ring (bicyclic) bond motifs is 2. The summed E-state index contributed by atoms with van der Waals surface area (Å²) in [6.45, 7) is 8.30. The van der Waals surface area contributed by atoms with E-state index in [-0.39, 0.29) is 17.4 Å². The molecule has 5 aromatic rings. The molecule has 0 fully saturated rings. The molecule has 7 heteroatoms. The maximum absolute atomic E-state index is 13.2. The third-order valence-electron chi connectivity index (χ3n) is 7.95. The van der Waals surface area contributed by atoms with E-state index in [4.69, 9.17) is 24.4 Å². The number of rotatable bonds is 6. The van der Waals surface area contributed by atoms with Crippen LogP contribution in [0.25, 0.3) is 11.0 Å². The molecule has 1 unspecified atom stereocenters. The van der Waals surface area contributed by atoms with Crippen LogP contribution in [-0.2, 0) is 6.61 Å². The normalized spacial score (nSPS) is 14.2. The Morgan fingerprint density at radius 2 is 1.63 bits per heavy atom. The minimum absolute atomic E-state index is 0.00199. The highest BCUT2D eigenvalue weighted by Gasteiger charge is 2.31. The van der Waals surface area contributed by atoms with Crippen molar-refractivity contribution in [3.05, 3.63) is 135 Å². The predicted molar refractivity (Wildman–Crippen MR) is 163 cm³/mol. The first-order valence-electron chi connectivity index (χ1n) is 13.9. The largest absolute Gasteiger partial charge is 0.489 e. The van der Waals surface area contributed by atoms with Crippen LogP contribution in [0.3, 0.4) is 0 Å². The van der Waals surface area contributed by atoms with Crippen LogP contribution in [0.15, 0.2) is 94.7 Å². The average molecular weight is 571 g/mol. The summed E-state index contributed by atoms with van der Waals surface area (Å²) < 4.78 is 23.5. The van der Waals surface area contributed by atoms with Crippen molar-refractivity contribution in [2.75, 3.05) is 0 Å². The van der Waals surface area contributed by atoms with Gasteiger partial charge in [-0.3, -0.25) is 0 Å². The van der Waals surface area contributed by atoms with Crippen LogP contribution in [0.4, 0.5) is 0 Å². The third kappa shape index (κ3) is 5.20. The number of nitrogens with two attached hydrogens (primary N) is 1. The molecule has 0 aliphatic carbocycles. The van der Waals surface area contributed by atoms with Crippen molar-refractivity contribution in [2.24, 2.45) is 5.73 Å². The first-order valence-corrected chi connectivity index (χ1v) is 13.9. The second-order valence-corrected chi connectivity index (χ2v) is 10.8. The molecule has 0 radical (unpaired) electrons. The van der Waals surface area contributed by atoms with Crippen molar-refractivity contribution in [1.29, 1.82) is 5.26 Å². The number of allylic oxidation sites excluding steroid dienone is 1. The molecule has 0 spiro atoms. The Balaban J connectivity index is 1.24. The van der Waals surface area contributed by atoms with E-state index in [1.807, 2.05) is 76.2 Å². The number of hydrogen-bond acceptors (Lipinski definition) is 7. The summed E-state index contributed by atoms with van der Waals surface area (Å²) in [7, 11) is 0. The van der Waals surface area contributed by atoms with Crippen LogP contribution in [0, 0.1) is 39.0 Å². The monoisotopic (exact) mass is 570 g/mol. The van der Waals surface area contributed by atoms with Gasteiger partial charge in [-0.05, 0) is 68.1 Å². The van der Waals surface area contributed by atoms with Gasteiger partial charge in [-0.1, -0.05) is 60.2 Å². The molecule has 0 saturated heterocycles. The van der Waals surface area contributed by atoms with E-state index in [0.717, 1.165) is 38.8 Å². The van der Waals surface area contributed by atoms with Crippen molar-refractivity contribution in [1.82, 2.24) is 0 Å². The zero-order valence-corrected chi connectivity index (χ0v) is 24.4. The number of furan rings is 1. The van der Waals surface area contributed by atoms with Crippen molar-refractivity contribution >= 4 is 16.9 Å². The summed E-state index contributed by atoms with van der Waals surface area (Å²) in [5, 5.41) is 10.8. The lowest BCUT2D eigenvalue weighted by atomic mass is 9.83. The molecule has 6 rings (SSSR count). The fourth-order valence-electron chi connectivity index (χ4n) is 5.32. The van der Waals surface area contributed by atoms with Gasteiger partial charge in [0.25, 0.3) is 0 Å². The smallest absolute Gasteiger partial charge is 0.379 e. The molecule has 4 aromatic carbocycles. The molecule has 0 bridgehead atoms. The van der Waals surface area contributed by atoms with Gasteiger partial charge in [0.15, 0.2) is 0 Å². The van der Waals surface area contributed by atoms with E-state index in [9.17, 15) is 10.1 Å². The molecular weight excluding hydrogens is 540 g/mol. The molecule has 0 amide bonds. The molecule has 1 atom stereocenters. The molecule has 1 aliphatic rings. The minimum Gasteiger partial charge on any atom is -0.489 e. The van der Waals surface area contributed by atoms with E-state index in [1.165, 1.54) is 5.56 Å². The molecule has 2 N–H and O–H groups in total. The van der Waals surface area contributed by atoms with Crippen molar-refractivity contribution in [2.45, 2.75) is 40.2 Å². The van der Waals surface area contributed by atoms with Crippen molar-refractivity contribution in [3.8, 4) is 23.3 Å². The van der Waals surface area contributed by atoms with Gasteiger partial charge in [-0.25, -0.2) is 4.79 Å². The average Bonchev–Trinajstić information content (AvgIpc) is 3.35. The maximum Gasteiger partial charge on any atom is 0.379 e. The van der Waals surface area contributed by atoms with Gasteiger partial charge >= 0.3 is 5.97 Å². The summed E-state index contributed by atoms with van der Waals surface area (Å²) >= 11 is 0. The lowest BCUT2D eigenvalue weighted by Crippen LogP contribution is -2.21. The number of aryl methyl sites for hydroxylation is 4. The van der Waals surface area contributed by atoms with Crippen molar-refractivity contribution < 1.29 is 23.4 Å². The second kappa shape index (κ2) is 11.1. The lowest BCUT2D eigenvalue weighted by Gasteiger charge is -2.26. The van der Waals surface area contributed by atoms with Crippen LogP contribution < -0.4 is 19.9 Å². The minimum atomic E-state index is -0.611. The Labute approximate surface area is 249 Å². The van der Waals surface area contributed by atoms with Crippen molar-refractivity contribution in [3.63, 3.8) is 0 Å². The van der Waals surface area contributed by atoms with Gasteiger partial charge in [0.05, 0.1) is 5.92 Å². The zero-order chi connectivity index (χ0) is 30.2. The highest BCUT2D eigenvalue weighted by atomic mass is 16.5.